The van der Waals surface area contributed by atoms with E-state index in [4.69, 9.17) is 9.90 Å². The van der Waals surface area contributed by atoms with Crippen LogP contribution in [0.25, 0.3) is 0 Å². The van der Waals surface area contributed by atoms with Crippen molar-refractivity contribution in [3.63, 3.8) is 0 Å². The number of aliphatic carboxylic acids is 1. The van der Waals surface area contributed by atoms with Gasteiger partial charge in [-0.3, -0.25) is 4.79 Å². The quantitative estimate of drug-likeness (QED) is 0.413. The highest BCUT2D eigenvalue weighted by Crippen LogP contribution is 1.65. The molecule has 0 aromatic carbocycles. The predicted molar refractivity (Wildman–Crippen MR) is 26.2 cm³/mol. The van der Waals surface area contributed by atoms with E-state index in [0.717, 1.165) is 6.92 Å². The maximum atomic E-state index is 9.00. The molecule has 1 aliphatic rings. The van der Waals surface area contributed by atoms with Gasteiger partial charge in [0.05, 0.1) is 0 Å². The smallest absolute Gasteiger partial charge is 0.300 e. The average Bonchev–Trinajstić information content (AvgIpc) is 2.02. The normalized spacial score (nSPS) is 13.9. The zero-order valence-electron chi connectivity index (χ0n) is 4.27. The second-order valence-corrected chi connectivity index (χ2v) is 1.27. The molecule has 3 nitrogen and oxygen atoms in total. The molecule has 0 atom stereocenters. The summed E-state index contributed by atoms with van der Waals surface area (Å²) < 4.78 is 0. The molecule has 1 aliphatic heterocycles. The van der Waals surface area contributed by atoms with E-state index in [1.807, 2.05) is 0 Å². The number of carboxylic acids is 1. The molecule has 0 bridgehead atoms. The van der Waals surface area contributed by atoms with E-state index in [9.17, 15) is 0 Å². The second-order valence-electron chi connectivity index (χ2n) is 1.27. The first-order valence-electron chi connectivity index (χ1n) is 2.13. The number of rotatable bonds is 0. The van der Waals surface area contributed by atoms with Crippen molar-refractivity contribution in [3.05, 3.63) is 0 Å². The number of hydrogen-bond acceptors (Lipinski definition) is 2. The SMILES string of the molecule is C1CN1.CC(=O)O. The van der Waals surface area contributed by atoms with Gasteiger partial charge < -0.3 is 10.4 Å². The molecular formula is C4H9NO2. The van der Waals surface area contributed by atoms with Gasteiger partial charge in [-0.1, -0.05) is 0 Å². The lowest BCUT2D eigenvalue weighted by molar-refractivity contribution is -0.134. The molecule has 0 aromatic heterocycles. The first-order valence-corrected chi connectivity index (χ1v) is 2.13. The number of hydrogen-bond donors (Lipinski definition) is 2. The topological polar surface area (TPSA) is 59.2 Å². The fraction of sp³-hybridized carbons (Fsp3) is 0.750. The van der Waals surface area contributed by atoms with Crippen LogP contribution in [-0.2, 0) is 4.79 Å². The summed E-state index contributed by atoms with van der Waals surface area (Å²) in [7, 11) is 0. The lowest BCUT2D eigenvalue weighted by Gasteiger charge is -1.59. The number of carboxylic acid groups (broad SMARTS) is 1. The first kappa shape index (κ1) is 6.43. The molecule has 1 fully saturated rings. The Morgan fingerprint density at radius 2 is 1.86 bits per heavy atom. The maximum absolute atomic E-state index is 9.00. The van der Waals surface area contributed by atoms with Crippen molar-refractivity contribution in [1.82, 2.24) is 5.32 Å². The summed E-state index contributed by atoms with van der Waals surface area (Å²) in [6.07, 6.45) is 0. The van der Waals surface area contributed by atoms with Crippen LogP contribution in [-0.4, -0.2) is 24.2 Å². The lowest BCUT2D eigenvalue weighted by Crippen LogP contribution is -1.78. The van der Waals surface area contributed by atoms with Crippen molar-refractivity contribution in [2.45, 2.75) is 6.92 Å². The Morgan fingerprint density at radius 1 is 1.71 bits per heavy atom. The Kier molecular flexibility index (Phi) is 3.32. The van der Waals surface area contributed by atoms with E-state index >= 15 is 0 Å². The van der Waals surface area contributed by atoms with Gasteiger partial charge in [-0.2, -0.15) is 0 Å². The summed E-state index contributed by atoms with van der Waals surface area (Å²) >= 11 is 0. The summed E-state index contributed by atoms with van der Waals surface area (Å²) in [5.41, 5.74) is 0. The molecule has 7 heavy (non-hydrogen) atoms. The van der Waals surface area contributed by atoms with Gasteiger partial charge in [-0.05, 0) is 0 Å². The molecule has 1 rings (SSSR count). The zero-order chi connectivity index (χ0) is 5.70. The van der Waals surface area contributed by atoms with Gasteiger partial charge in [0.15, 0.2) is 0 Å². The molecule has 2 N–H and O–H groups in total. The van der Waals surface area contributed by atoms with E-state index in [0.29, 0.717) is 0 Å². The van der Waals surface area contributed by atoms with Crippen LogP contribution in [0.2, 0.25) is 0 Å². The first-order chi connectivity index (χ1) is 3.23. The number of carbonyl (C=O) groups is 1. The van der Waals surface area contributed by atoms with Crippen LogP contribution in [0.4, 0.5) is 0 Å². The fourth-order valence-electron chi connectivity index (χ4n) is 0. The van der Waals surface area contributed by atoms with E-state index in [1.165, 1.54) is 13.1 Å². The third-order valence-corrected chi connectivity index (χ3v) is 0.250. The second kappa shape index (κ2) is 3.61. The van der Waals surface area contributed by atoms with E-state index in [1.54, 1.807) is 0 Å². The molecule has 0 unspecified atom stereocenters. The summed E-state index contributed by atoms with van der Waals surface area (Å²) in [4.78, 5) is 9.00. The fourth-order valence-corrected chi connectivity index (χ4v) is 0. The van der Waals surface area contributed by atoms with Crippen molar-refractivity contribution in [3.8, 4) is 0 Å². The standard InChI is InChI=1S/C2H5N.C2H4O2/c1-2-3-1;1-2(3)4/h3H,1-2H2;1H3,(H,3,4). The Hall–Kier alpha value is -0.570. The van der Waals surface area contributed by atoms with Gasteiger partial charge in [0, 0.05) is 20.0 Å². The van der Waals surface area contributed by atoms with E-state index < -0.39 is 5.97 Å². The minimum atomic E-state index is -0.833. The Labute approximate surface area is 42.3 Å². The minimum Gasteiger partial charge on any atom is -0.481 e. The molecule has 3 heteroatoms. The van der Waals surface area contributed by atoms with Gasteiger partial charge in [0.25, 0.3) is 5.97 Å². The van der Waals surface area contributed by atoms with Gasteiger partial charge in [0.1, 0.15) is 0 Å². The molecular weight excluding hydrogens is 94.0 g/mol. The molecule has 1 saturated heterocycles. The van der Waals surface area contributed by atoms with Crippen LogP contribution in [0.15, 0.2) is 0 Å². The van der Waals surface area contributed by atoms with Gasteiger partial charge in [-0.15, -0.1) is 0 Å². The highest BCUT2D eigenvalue weighted by atomic mass is 16.4. The third-order valence-electron chi connectivity index (χ3n) is 0.250. The predicted octanol–water partition coefficient (Wildman–Crippen LogP) is -0.319. The van der Waals surface area contributed by atoms with Crippen LogP contribution in [0, 0.1) is 0 Å². The van der Waals surface area contributed by atoms with Crippen LogP contribution >= 0.6 is 0 Å². The van der Waals surface area contributed by atoms with Crippen molar-refractivity contribution >= 4 is 5.97 Å². The molecule has 0 radical (unpaired) electrons. The monoisotopic (exact) mass is 103 g/mol. The summed E-state index contributed by atoms with van der Waals surface area (Å²) in [5.74, 6) is -0.833. The van der Waals surface area contributed by atoms with Gasteiger partial charge in [-0.25, -0.2) is 0 Å². The molecule has 1 heterocycles. The zero-order valence-corrected chi connectivity index (χ0v) is 4.27. The molecule has 0 aliphatic carbocycles. The molecule has 42 valence electrons. The largest absolute Gasteiger partial charge is 0.481 e. The molecule has 0 aromatic rings. The van der Waals surface area contributed by atoms with Crippen LogP contribution in [0.3, 0.4) is 0 Å². The highest BCUT2D eigenvalue weighted by molar-refractivity contribution is 5.62. The summed E-state index contributed by atoms with van der Waals surface area (Å²) in [6.45, 7) is 3.58. The van der Waals surface area contributed by atoms with Crippen LogP contribution in [0.1, 0.15) is 6.92 Å². The van der Waals surface area contributed by atoms with Gasteiger partial charge in [0.2, 0.25) is 0 Å². The van der Waals surface area contributed by atoms with Crippen molar-refractivity contribution in [1.29, 1.82) is 0 Å². The molecule has 0 spiro atoms. The average molecular weight is 103 g/mol. The number of nitrogens with one attached hydrogen (secondary N) is 1. The maximum Gasteiger partial charge on any atom is 0.300 e. The van der Waals surface area contributed by atoms with Gasteiger partial charge >= 0.3 is 0 Å². The van der Waals surface area contributed by atoms with Crippen molar-refractivity contribution in [2.24, 2.45) is 0 Å². The van der Waals surface area contributed by atoms with E-state index in [-0.39, 0.29) is 0 Å². The van der Waals surface area contributed by atoms with Crippen LogP contribution in [0.5, 0.6) is 0 Å². The van der Waals surface area contributed by atoms with Crippen molar-refractivity contribution < 1.29 is 9.90 Å². The Morgan fingerprint density at radius 3 is 1.86 bits per heavy atom. The molecule has 0 amide bonds. The Balaban J connectivity index is 0.000000105. The lowest BCUT2D eigenvalue weighted by atomic mass is 10.9. The summed E-state index contributed by atoms with van der Waals surface area (Å²) in [6, 6.07) is 0. The van der Waals surface area contributed by atoms with Crippen molar-refractivity contribution in [2.75, 3.05) is 13.1 Å². The highest BCUT2D eigenvalue weighted by Gasteiger charge is 1.91. The Bertz CT molecular complexity index is 54.0. The van der Waals surface area contributed by atoms with E-state index in [2.05, 4.69) is 5.32 Å². The third kappa shape index (κ3) is 346. The van der Waals surface area contributed by atoms with Crippen LogP contribution < -0.4 is 5.32 Å². The molecule has 0 saturated carbocycles. The summed E-state index contributed by atoms with van der Waals surface area (Å²) in [5, 5.41) is 10.4. The minimum absolute atomic E-state index is 0.833.